The van der Waals surface area contributed by atoms with Crippen molar-refractivity contribution in [1.82, 2.24) is 15.5 Å². The van der Waals surface area contributed by atoms with Gasteiger partial charge in [0.25, 0.3) is 0 Å². The third-order valence-corrected chi connectivity index (χ3v) is 6.32. The van der Waals surface area contributed by atoms with E-state index in [-0.39, 0.29) is 18.5 Å². The highest BCUT2D eigenvalue weighted by molar-refractivity contribution is 5.81. The average molecular weight is 447 g/mol. The minimum absolute atomic E-state index is 0.161. The highest BCUT2D eigenvalue weighted by Gasteiger charge is 2.31. The normalized spacial score (nSPS) is 20.7. The Morgan fingerprint density at radius 2 is 1.84 bits per heavy atom. The first-order valence-electron chi connectivity index (χ1n) is 11.8. The van der Waals surface area contributed by atoms with Crippen LogP contribution in [0.1, 0.15) is 57.1 Å². The first kappa shape index (κ1) is 24.2. The molecule has 32 heavy (non-hydrogen) atoms. The Kier molecular flexibility index (Phi) is 9.02. The van der Waals surface area contributed by atoms with E-state index in [0.717, 1.165) is 25.8 Å². The Morgan fingerprint density at radius 3 is 2.47 bits per heavy atom. The second kappa shape index (κ2) is 11.9. The zero-order chi connectivity index (χ0) is 22.9. The summed E-state index contributed by atoms with van der Waals surface area (Å²) in [7, 11) is 3.17. The molecule has 2 atom stereocenters. The van der Waals surface area contributed by atoms with E-state index in [0.29, 0.717) is 42.0 Å². The number of nitrogens with one attached hydrogen (secondary N) is 2. The number of rotatable bonds is 8. The van der Waals surface area contributed by atoms with E-state index >= 15 is 0 Å². The number of ether oxygens (including phenoxy) is 2. The average Bonchev–Trinajstić information content (AvgIpc) is 3.30. The molecule has 1 aliphatic heterocycles. The molecule has 1 aliphatic carbocycles. The van der Waals surface area contributed by atoms with Gasteiger partial charge in [0.2, 0.25) is 5.91 Å². The molecular formula is C24H38N4O4. The summed E-state index contributed by atoms with van der Waals surface area (Å²) < 4.78 is 10.6. The highest BCUT2D eigenvalue weighted by Crippen LogP contribution is 2.28. The van der Waals surface area contributed by atoms with Crippen LogP contribution in [0.4, 0.5) is 0 Å². The van der Waals surface area contributed by atoms with E-state index in [1.165, 1.54) is 19.3 Å². The summed E-state index contributed by atoms with van der Waals surface area (Å²) in [4.78, 5) is 19.4. The smallest absolute Gasteiger partial charge is 0.225 e. The summed E-state index contributed by atoms with van der Waals surface area (Å²) in [5.74, 6) is 2.43. The van der Waals surface area contributed by atoms with Gasteiger partial charge in [0, 0.05) is 37.7 Å². The molecule has 0 bridgehead atoms. The zero-order valence-corrected chi connectivity index (χ0v) is 19.6. The number of guanidine groups is 1. The topological polar surface area (TPSA) is 95.4 Å². The monoisotopic (exact) mass is 446 g/mol. The molecule has 178 valence electrons. The summed E-state index contributed by atoms with van der Waals surface area (Å²) in [6.07, 6.45) is 5.77. The maximum Gasteiger partial charge on any atom is 0.225 e. The van der Waals surface area contributed by atoms with Crippen LogP contribution in [0, 0.1) is 5.92 Å². The predicted molar refractivity (Wildman–Crippen MR) is 125 cm³/mol. The molecule has 0 spiro atoms. The Hall–Kier alpha value is -2.48. The van der Waals surface area contributed by atoms with E-state index in [9.17, 15) is 9.90 Å². The minimum atomic E-state index is -0.789. The third-order valence-electron chi connectivity index (χ3n) is 6.32. The van der Waals surface area contributed by atoms with Crippen LogP contribution < -0.4 is 20.1 Å². The number of likely N-dealkylation sites (tertiary alicyclic amines) is 1. The van der Waals surface area contributed by atoms with Gasteiger partial charge in [0.1, 0.15) is 11.5 Å². The molecule has 3 rings (SSSR count). The number of methoxy groups -OCH3 is 2. The lowest BCUT2D eigenvalue weighted by atomic mass is 9.88. The number of aliphatic hydroxyl groups excluding tert-OH is 1. The van der Waals surface area contributed by atoms with Crippen molar-refractivity contribution in [1.29, 1.82) is 0 Å². The number of hydrogen-bond acceptors (Lipinski definition) is 5. The number of carbonyl (C=O) groups excluding carboxylic acids is 1. The van der Waals surface area contributed by atoms with E-state index in [4.69, 9.17) is 9.47 Å². The van der Waals surface area contributed by atoms with Crippen molar-refractivity contribution in [3.8, 4) is 11.5 Å². The molecule has 1 aromatic rings. The standard InChI is InChI=1S/C24H38N4O4/c1-4-25-24(26-15-22(29)18-12-20(31-2)14-21(13-18)32-3)27-19-10-11-28(16-19)23(30)17-8-6-5-7-9-17/h12-14,17,19,22,29H,4-11,15-16H2,1-3H3,(H2,25,26,27). The van der Waals surface area contributed by atoms with Crippen molar-refractivity contribution >= 4 is 11.9 Å². The summed E-state index contributed by atoms with van der Waals surface area (Å²) >= 11 is 0. The third kappa shape index (κ3) is 6.51. The molecule has 2 aliphatic rings. The van der Waals surface area contributed by atoms with Gasteiger partial charge >= 0.3 is 0 Å². The lowest BCUT2D eigenvalue weighted by Gasteiger charge is -2.26. The maximum atomic E-state index is 12.8. The van der Waals surface area contributed by atoms with Gasteiger partial charge in [-0.15, -0.1) is 0 Å². The SMILES string of the molecule is CCNC(=NCC(O)c1cc(OC)cc(OC)c1)NC1CCN(C(=O)C2CCCCC2)C1. The molecular weight excluding hydrogens is 408 g/mol. The number of carbonyl (C=O) groups is 1. The summed E-state index contributed by atoms with van der Waals surface area (Å²) in [6, 6.07) is 5.50. The van der Waals surface area contributed by atoms with Crippen molar-refractivity contribution in [3.05, 3.63) is 23.8 Å². The van der Waals surface area contributed by atoms with Crippen LogP contribution in [0.5, 0.6) is 11.5 Å². The lowest BCUT2D eigenvalue weighted by molar-refractivity contribution is -0.135. The molecule has 8 heteroatoms. The van der Waals surface area contributed by atoms with Gasteiger partial charge < -0.3 is 30.1 Å². The number of aliphatic hydroxyl groups is 1. The van der Waals surface area contributed by atoms with Gasteiger partial charge in [-0.3, -0.25) is 9.79 Å². The molecule has 0 radical (unpaired) electrons. The summed E-state index contributed by atoms with van der Waals surface area (Å²) in [6.45, 7) is 4.41. The van der Waals surface area contributed by atoms with Crippen molar-refractivity contribution in [3.63, 3.8) is 0 Å². The number of aliphatic imine (C=N–C) groups is 1. The first-order valence-corrected chi connectivity index (χ1v) is 11.8. The fourth-order valence-electron chi connectivity index (χ4n) is 4.50. The molecule has 8 nitrogen and oxygen atoms in total. The fraction of sp³-hybridized carbons (Fsp3) is 0.667. The molecule has 0 aromatic heterocycles. The Labute approximate surface area is 191 Å². The molecule has 1 amide bonds. The molecule has 2 unspecified atom stereocenters. The first-order chi connectivity index (χ1) is 15.5. The van der Waals surface area contributed by atoms with Crippen LogP contribution in [0.25, 0.3) is 0 Å². The van der Waals surface area contributed by atoms with E-state index in [1.807, 2.05) is 11.8 Å². The molecule has 3 N–H and O–H groups in total. The van der Waals surface area contributed by atoms with Crippen LogP contribution in [0.2, 0.25) is 0 Å². The second-order valence-electron chi connectivity index (χ2n) is 8.63. The quantitative estimate of drug-likeness (QED) is 0.419. The van der Waals surface area contributed by atoms with Crippen molar-refractivity contribution in [2.75, 3.05) is 40.4 Å². The fourth-order valence-corrected chi connectivity index (χ4v) is 4.50. The van der Waals surface area contributed by atoms with Crippen molar-refractivity contribution in [2.45, 2.75) is 57.6 Å². The van der Waals surface area contributed by atoms with Gasteiger partial charge in [-0.05, 0) is 43.9 Å². The van der Waals surface area contributed by atoms with E-state index < -0.39 is 6.10 Å². The molecule has 1 heterocycles. The van der Waals surface area contributed by atoms with Crippen LogP contribution in [-0.4, -0.2) is 68.3 Å². The van der Waals surface area contributed by atoms with Gasteiger partial charge in [0.05, 0.1) is 26.9 Å². The van der Waals surface area contributed by atoms with Gasteiger partial charge in [-0.2, -0.15) is 0 Å². The number of hydrogen-bond donors (Lipinski definition) is 3. The second-order valence-corrected chi connectivity index (χ2v) is 8.63. The Balaban J connectivity index is 1.57. The van der Waals surface area contributed by atoms with Crippen LogP contribution in [0.3, 0.4) is 0 Å². The van der Waals surface area contributed by atoms with Gasteiger partial charge in [-0.25, -0.2) is 0 Å². The number of nitrogens with zero attached hydrogens (tertiary/aromatic N) is 2. The highest BCUT2D eigenvalue weighted by atomic mass is 16.5. The molecule has 1 saturated carbocycles. The van der Waals surface area contributed by atoms with E-state index in [1.54, 1.807) is 32.4 Å². The Morgan fingerprint density at radius 1 is 1.16 bits per heavy atom. The lowest BCUT2D eigenvalue weighted by Crippen LogP contribution is -2.45. The van der Waals surface area contributed by atoms with Crippen molar-refractivity contribution < 1.29 is 19.4 Å². The zero-order valence-electron chi connectivity index (χ0n) is 19.6. The van der Waals surface area contributed by atoms with E-state index in [2.05, 4.69) is 15.6 Å². The molecule has 1 aromatic carbocycles. The summed E-state index contributed by atoms with van der Waals surface area (Å²) in [5.41, 5.74) is 0.686. The maximum absolute atomic E-state index is 12.8. The van der Waals surface area contributed by atoms with Gasteiger partial charge in [-0.1, -0.05) is 19.3 Å². The van der Waals surface area contributed by atoms with Crippen LogP contribution in [0.15, 0.2) is 23.2 Å². The predicted octanol–water partition coefficient (Wildman–Crippen LogP) is 2.47. The van der Waals surface area contributed by atoms with Crippen LogP contribution >= 0.6 is 0 Å². The molecule has 2 fully saturated rings. The summed E-state index contributed by atoms with van der Waals surface area (Å²) in [5, 5.41) is 17.4. The minimum Gasteiger partial charge on any atom is -0.497 e. The largest absolute Gasteiger partial charge is 0.497 e. The number of benzene rings is 1. The van der Waals surface area contributed by atoms with Crippen molar-refractivity contribution in [2.24, 2.45) is 10.9 Å². The molecule has 1 saturated heterocycles. The number of amides is 1. The van der Waals surface area contributed by atoms with Gasteiger partial charge in [0.15, 0.2) is 5.96 Å². The van der Waals surface area contributed by atoms with Crippen LogP contribution in [-0.2, 0) is 4.79 Å². The Bertz CT molecular complexity index is 757.